The Morgan fingerprint density at radius 1 is 1.58 bits per heavy atom. The molecule has 1 saturated heterocycles. The third kappa shape index (κ3) is 2.38. The molecule has 98 valence electrons. The number of nitro benzene ring substituents is 1. The lowest BCUT2D eigenvalue weighted by molar-refractivity contribution is -0.385. The molecule has 0 aliphatic carbocycles. The zero-order valence-corrected chi connectivity index (χ0v) is 9.88. The number of hydrogen-bond donors (Lipinski definition) is 0. The number of nitrogens with zero attached hydrogens (tertiary/aromatic N) is 3. The van der Waals surface area contributed by atoms with E-state index in [1.165, 1.54) is 4.90 Å². The van der Waals surface area contributed by atoms with E-state index in [-0.39, 0.29) is 5.56 Å². The van der Waals surface area contributed by atoms with Crippen molar-refractivity contribution in [3.63, 3.8) is 0 Å². The van der Waals surface area contributed by atoms with Crippen molar-refractivity contribution in [2.24, 2.45) is 0 Å². The van der Waals surface area contributed by atoms with Crippen LogP contribution >= 0.6 is 0 Å². The van der Waals surface area contributed by atoms with Gasteiger partial charge in [0.1, 0.15) is 11.9 Å². The maximum absolute atomic E-state index is 13.7. The van der Waals surface area contributed by atoms with Crippen molar-refractivity contribution in [3.8, 4) is 6.07 Å². The summed E-state index contributed by atoms with van der Waals surface area (Å²) in [7, 11) is 0. The Labute approximate surface area is 108 Å². The average Bonchev–Trinajstić information content (AvgIpc) is 2.85. The van der Waals surface area contributed by atoms with Crippen molar-refractivity contribution in [1.82, 2.24) is 4.90 Å². The number of halogens is 1. The summed E-state index contributed by atoms with van der Waals surface area (Å²) in [5.41, 5.74) is -0.653. The summed E-state index contributed by atoms with van der Waals surface area (Å²) in [5.74, 6) is -1.54. The van der Waals surface area contributed by atoms with E-state index in [1.54, 1.807) is 0 Å². The van der Waals surface area contributed by atoms with Crippen LogP contribution in [0.15, 0.2) is 18.2 Å². The van der Waals surface area contributed by atoms with Crippen LogP contribution in [0, 0.1) is 27.3 Å². The van der Waals surface area contributed by atoms with E-state index in [2.05, 4.69) is 0 Å². The van der Waals surface area contributed by atoms with Gasteiger partial charge in [-0.1, -0.05) is 0 Å². The minimum Gasteiger partial charge on any atom is -0.323 e. The van der Waals surface area contributed by atoms with Crippen LogP contribution in [0.2, 0.25) is 0 Å². The van der Waals surface area contributed by atoms with Crippen LogP contribution in [-0.4, -0.2) is 28.3 Å². The summed E-state index contributed by atoms with van der Waals surface area (Å²) in [5, 5.41) is 19.4. The molecule has 0 bridgehead atoms. The first-order valence-electron chi connectivity index (χ1n) is 5.69. The summed E-state index contributed by atoms with van der Waals surface area (Å²) in [6, 6.07) is 4.31. The number of carbonyl (C=O) groups is 1. The number of amides is 1. The smallest absolute Gasteiger partial charge is 0.272 e. The molecule has 19 heavy (non-hydrogen) atoms. The maximum Gasteiger partial charge on any atom is 0.272 e. The average molecular weight is 263 g/mol. The van der Waals surface area contributed by atoms with Gasteiger partial charge in [0.2, 0.25) is 0 Å². The number of rotatable bonds is 2. The van der Waals surface area contributed by atoms with Gasteiger partial charge in [-0.2, -0.15) is 5.26 Å². The maximum atomic E-state index is 13.7. The van der Waals surface area contributed by atoms with Crippen LogP contribution in [-0.2, 0) is 0 Å². The number of nitriles is 1. The fourth-order valence-electron chi connectivity index (χ4n) is 2.09. The van der Waals surface area contributed by atoms with Gasteiger partial charge in [-0.15, -0.1) is 0 Å². The van der Waals surface area contributed by atoms with E-state index < -0.39 is 28.4 Å². The minimum atomic E-state index is -0.942. The molecular weight excluding hydrogens is 253 g/mol. The summed E-state index contributed by atoms with van der Waals surface area (Å²) in [6.45, 7) is 0.396. The molecule has 1 aromatic carbocycles. The van der Waals surface area contributed by atoms with E-state index in [1.807, 2.05) is 6.07 Å². The molecular formula is C12H10FN3O3. The third-order valence-corrected chi connectivity index (χ3v) is 3.06. The molecule has 0 saturated carbocycles. The van der Waals surface area contributed by atoms with Crippen LogP contribution in [0.25, 0.3) is 0 Å². The van der Waals surface area contributed by atoms with E-state index in [0.717, 1.165) is 12.1 Å². The predicted molar refractivity (Wildman–Crippen MR) is 62.7 cm³/mol. The molecule has 7 heteroatoms. The van der Waals surface area contributed by atoms with Gasteiger partial charge in [0.25, 0.3) is 11.6 Å². The highest BCUT2D eigenvalue weighted by Crippen LogP contribution is 2.23. The molecule has 1 amide bonds. The number of non-ortho nitro benzene ring substituents is 1. The summed E-state index contributed by atoms with van der Waals surface area (Å²) < 4.78 is 13.7. The molecule has 1 atom stereocenters. The first kappa shape index (κ1) is 13.0. The second-order valence-electron chi connectivity index (χ2n) is 4.21. The zero-order chi connectivity index (χ0) is 14.0. The lowest BCUT2D eigenvalue weighted by Crippen LogP contribution is -2.35. The highest BCUT2D eigenvalue weighted by atomic mass is 19.1. The molecule has 0 aromatic heterocycles. The SMILES string of the molecule is N#CC1CCCN1C(=O)c1ccc([N+](=O)[O-])cc1F. The Morgan fingerprint density at radius 3 is 2.89 bits per heavy atom. The van der Waals surface area contributed by atoms with Crippen molar-refractivity contribution in [1.29, 1.82) is 5.26 Å². The van der Waals surface area contributed by atoms with Gasteiger partial charge < -0.3 is 4.90 Å². The van der Waals surface area contributed by atoms with Crippen molar-refractivity contribution >= 4 is 11.6 Å². The number of nitro groups is 1. The summed E-state index contributed by atoms with van der Waals surface area (Å²) in [4.78, 5) is 23.1. The monoisotopic (exact) mass is 263 g/mol. The molecule has 1 aliphatic rings. The highest BCUT2D eigenvalue weighted by Gasteiger charge is 2.31. The Kier molecular flexibility index (Phi) is 3.42. The normalized spacial score (nSPS) is 18.1. The topological polar surface area (TPSA) is 87.2 Å². The summed E-state index contributed by atoms with van der Waals surface area (Å²) >= 11 is 0. The van der Waals surface area contributed by atoms with Crippen LogP contribution in [0.4, 0.5) is 10.1 Å². The van der Waals surface area contributed by atoms with Gasteiger partial charge in [-0.3, -0.25) is 14.9 Å². The van der Waals surface area contributed by atoms with Crippen LogP contribution in [0.1, 0.15) is 23.2 Å². The van der Waals surface area contributed by atoms with Gasteiger partial charge in [-0.05, 0) is 18.9 Å². The zero-order valence-electron chi connectivity index (χ0n) is 9.88. The van der Waals surface area contributed by atoms with Crippen molar-refractivity contribution in [2.75, 3.05) is 6.54 Å². The van der Waals surface area contributed by atoms with Crippen LogP contribution in [0.3, 0.4) is 0 Å². The Bertz CT molecular complexity index is 582. The van der Waals surface area contributed by atoms with E-state index >= 15 is 0 Å². The quantitative estimate of drug-likeness (QED) is 0.601. The molecule has 2 rings (SSSR count). The number of carbonyl (C=O) groups excluding carboxylic acids is 1. The second-order valence-corrected chi connectivity index (χ2v) is 4.21. The summed E-state index contributed by atoms with van der Waals surface area (Å²) in [6.07, 6.45) is 1.26. The molecule has 0 spiro atoms. The minimum absolute atomic E-state index is 0.243. The van der Waals surface area contributed by atoms with Gasteiger partial charge >= 0.3 is 0 Å². The van der Waals surface area contributed by atoms with E-state index in [0.29, 0.717) is 25.5 Å². The molecule has 0 N–H and O–H groups in total. The standard InChI is InChI=1S/C12H10FN3O3/c13-11-6-8(16(18)19)3-4-10(11)12(17)15-5-1-2-9(15)7-14/h3-4,6,9H,1-2,5H2. The van der Waals surface area contributed by atoms with Crippen LogP contribution < -0.4 is 0 Å². The Hall–Kier alpha value is -2.49. The number of likely N-dealkylation sites (tertiary alicyclic amines) is 1. The molecule has 1 heterocycles. The van der Waals surface area contributed by atoms with Gasteiger partial charge in [-0.25, -0.2) is 4.39 Å². The molecule has 1 aromatic rings. The van der Waals surface area contributed by atoms with E-state index in [9.17, 15) is 19.3 Å². The van der Waals surface area contributed by atoms with Gasteiger partial charge in [0.05, 0.1) is 22.6 Å². The van der Waals surface area contributed by atoms with Gasteiger partial charge in [0.15, 0.2) is 0 Å². The van der Waals surface area contributed by atoms with Gasteiger partial charge in [0, 0.05) is 12.6 Å². The molecule has 1 unspecified atom stereocenters. The largest absolute Gasteiger partial charge is 0.323 e. The molecule has 1 aliphatic heterocycles. The van der Waals surface area contributed by atoms with Crippen molar-refractivity contribution < 1.29 is 14.1 Å². The van der Waals surface area contributed by atoms with Crippen LogP contribution in [0.5, 0.6) is 0 Å². The first-order valence-corrected chi connectivity index (χ1v) is 5.69. The lowest BCUT2D eigenvalue weighted by Gasteiger charge is -2.19. The second kappa shape index (κ2) is 5.02. The highest BCUT2D eigenvalue weighted by molar-refractivity contribution is 5.95. The molecule has 6 nitrogen and oxygen atoms in total. The fraction of sp³-hybridized carbons (Fsp3) is 0.333. The number of benzene rings is 1. The Morgan fingerprint density at radius 2 is 2.32 bits per heavy atom. The molecule has 1 fully saturated rings. The fourth-order valence-corrected chi connectivity index (χ4v) is 2.09. The predicted octanol–water partition coefficient (Wildman–Crippen LogP) is 1.86. The third-order valence-electron chi connectivity index (χ3n) is 3.06. The first-order chi connectivity index (χ1) is 9.04. The number of hydrogen-bond acceptors (Lipinski definition) is 4. The van der Waals surface area contributed by atoms with E-state index in [4.69, 9.17) is 5.26 Å². The Balaban J connectivity index is 2.30. The van der Waals surface area contributed by atoms with Crippen molar-refractivity contribution in [2.45, 2.75) is 18.9 Å². The van der Waals surface area contributed by atoms with Crippen molar-refractivity contribution in [3.05, 3.63) is 39.7 Å². The molecule has 0 radical (unpaired) electrons. The lowest BCUT2D eigenvalue weighted by atomic mass is 10.1.